The Morgan fingerprint density at radius 1 is 1.21 bits per heavy atom. The van der Waals surface area contributed by atoms with Gasteiger partial charge in [0.2, 0.25) is 11.8 Å². The van der Waals surface area contributed by atoms with Gasteiger partial charge >= 0.3 is 0 Å². The van der Waals surface area contributed by atoms with Crippen LogP contribution in [0.1, 0.15) is 59.8 Å². The highest BCUT2D eigenvalue weighted by molar-refractivity contribution is 6.06. The molecule has 0 saturated carbocycles. The molecule has 108 valence electrons. The van der Waals surface area contributed by atoms with Gasteiger partial charge in [0.15, 0.2) is 0 Å². The van der Waals surface area contributed by atoms with Gasteiger partial charge in [-0.2, -0.15) is 0 Å². The van der Waals surface area contributed by atoms with E-state index in [0.717, 1.165) is 25.7 Å². The van der Waals surface area contributed by atoms with E-state index < -0.39 is 5.41 Å². The van der Waals surface area contributed by atoms with Gasteiger partial charge < -0.3 is 5.32 Å². The molecule has 2 fully saturated rings. The lowest BCUT2D eigenvalue weighted by molar-refractivity contribution is -0.145. The Bertz CT molecular complexity index is 376. The van der Waals surface area contributed by atoms with E-state index in [1.165, 1.54) is 0 Å². The lowest BCUT2D eigenvalue weighted by Crippen LogP contribution is -2.57. The number of likely N-dealkylation sites (tertiary alicyclic amines) is 1. The Morgan fingerprint density at radius 2 is 1.84 bits per heavy atom. The van der Waals surface area contributed by atoms with E-state index >= 15 is 0 Å². The molecular weight excluding hydrogens is 240 g/mol. The molecule has 0 aliphatic carbocycles. The zero-order valence-corrected chi connectivity index (χ0v) is 12.5. The van der Waals surface area contributed by atoms with Crippen LogP contribution in [-0.4, -0.2) is 34.8 Å². The molecule has 0 spiro atoms. The Kier molecular flexibility index (Phi) is 4.00. The van der Waals surface area contributed by atoms with Gasteiger partial charge in [0.05, 0.1) is 11.5 Å². The molecule has 0 aromatic carbocycles. The van der Waals surface area contributed by atoms with Gasteiger partial charge in [-0.15, -0.1) is 0 Å². The molecule has 0 bridgehead atoms. The lowest BCUT2D eigenvalue weighted by Gasteiger charge is -2.39. The van der Waals surface area contributed by atoms with Crippen LogP contribution in [0.4, 0.5) is 0 Å². The average Bonchev–Trinajstić information content (AvgIpc) is 2.62. The number of hydrogen-bond donors (Lipinski definition) is 1. The normalized spacial score (nSPS) is 34.9. The average molecular weight is 266 g/mol. The monoisotopic (exact) mass is 266 g/mol. The third-order valence-corrected chi connectivity index (χ3v) is 5.14. The van der Waals surface area contributed by atoms with Crippen LogP contribution >= 0.6 is 0 Å². The van der Waals surface area contributed by atoms with E-state index in [-0.39, 0.29) is 23.9 Å². The Hall–Kier alpha value is -0.900. The third-order valence-electron chi connectivity index (χ3n) is 5.14. The summed E-state index contributed by atoms with van der Waals surface area (Å²) in [5.74, 6) is 0.0950. The highest BCUT2D eigenvalue weighted by atomic mass is 16.2. The molecule has 4 nitrogen and oxygen atoms in total. The second-order valence-corrected chi connectivity index (χ2v) is 6.23. The van der Waals surface area contributed by atoms with Crippen LogP contribution in [0.3, 0.4) is 0 Å². The molecule has 2 aliphatic heterocycles. The largest absolute Gasteiger partial charge is 0.310 e. The molecular formula is C15H26N2O2. The number of piperidine rings is 1. The van der Waals surface area contributed by atoms with E-state index in [2.05, 4.69) is 19.2 Å². The Balaban J connectivity index is 2.21. The molecule has 2 heterocycles. The van der Waals surface area contributed by atoms with Crippen LogP contribution in [0.5, 0.6) is 0 Å². The minimum atomic E-state index is -0.431. The molecule has 2 rings (SSSR count). The summed E-state index contributed by atoms with van der Waals surface area (Å²) in [5, 5.41) is 3.46. The number of amides is 2. The van der Waals surface area contributed by atoms with E-state index in [1.54, 1.807) is 4.90 Å². The smallest absolute Gasteiger partial charge is 0.236 e. The summed E-state index contributed by atoms with van der Waals surface area (Å²) in [6, 6.07) is 0.707. The minimum absolute atomic E-state index is 0.0295. The number of nitrogens with zero attached hydrogens (tertiary/aromatic N) is 1. The molecule has 0 aromatic rings. The second-order valence-electron chi connectivity index (χ2n) is 6.23. The minimum Gasteiger partial charge on any atom is -0.310 e. The van der Waals surface area contributed by atoms with Gasteiger partial charge in [-0.3, -0.25) is 14.5 Å². The standard InChI is InChI=1S/C15H26N2O2/c1-5-15(6-2)9-13(18)17(14(15)19)12-8-7-10(3)16-11(12)4/h10-12,16H,5-9H2,1-4H3. The molecule has 3 atom stereocenters. The van der Waals surface area contributed by atoms with Crippen molar-refractivity contribution < 1.29 is 9.59 Å². The van der Waals surface area contributed by atoms with Crippen molar-refractivity contribution in [2.24, 2.45) is 5.41 Å². The van der Waals surface area contributed by atoms with Gasteiger partial charge in [-0.05, 0) is 39.5 Å². The second kappa shape index (κ2) is 5.23. The SMILES string of the molecule is CCC1(CC)CC(=O)N(C2CCC(C)NC2C)C1=O. The summed E-state index contributed by atoms with van der Waals surface area (Å²) in [4.78, 5) is 26.6. The highest BCUT2D eigenvalue weighted by Crippen LogP contribution is 2.41. The molecule has 0 aromatic heterocycles. The maximum Gasteiger partial charge on any atom is 0.236 e. The fourth-order valence-electron chi connectivity index (χ4n) is 3.62. The fraction of sp³-hybridized carbons (Fsp3) is 0.867. The van der Waals surface area contributed by atoms with Crippen molar-refractivity contribution in [1.29, 1.82) is 0 Å². The van der Waals surface area contributed by atoms with Crippen LogP contribution in [0.15, 0.2) is 0 Å². The summed E-state index contributed by atoms with van der Waals surface area (Å²) in [6.45, 7) is 8.27. The van der Waals surface area contributed by atoms with Gasteiger partial charge in [-0.1, -0.05) is 13.8 Å². The van der Waals surface area contributed by atoms with Crippen molar-refractivity contribution in [3.05, 3.63) is 0 Å². The molecule has 2 amide bonds. The van der Waals surface area contributed by atoms with E-state index in [4.69, 9.17) is 0 Å². The van der Waals surface area contributed by atoms with Crippen LogP contribution in [0.25, 0.3) is 0 Å². The number of imide groups is 1. The zero-order valence-electron chi connectivity index (χ0n) is 12.5. The maximum atomic E-state index is 12.7. The van der Waals surface area contributed by atoms with Crippen molar-refractivity contribution in [2.75, 3.05) is 0 Å². The zero-order chi connectivity index (χ0) is 14.2. The summed E-state index contributed by atoms with van der Waals surface area (Å²) in [7, 11) is 0. The number of carbonyl (C=O) groups excluding carboxylic acids is 2. The van der Waals surface area contributed by atoms with Crippen molar-refractivity contribution in [1.82, 2.24) is 10.2 Å². The Labute approximate surface area is 115 Å². The maximum absolute atomic E-state index is 12.7. The Morgan fingerprint density at radius 3 is 2.32 bits per heavy atom. The van der Waals surface area contributed by atoms with E-state index in [1.807, 2.05) is 13.8 Å². The van der Waals surface area contributed by atoms with E-state index in [9.17, 15) is 9.59 Å². The van der Waals surface area contributed by atoms with Crippen molar-refractivity contribution >= 4 is 11.8 Å². The number of rotatable bonds is 3. The molecule has 2 aliphatic rings. The van der Waals surface area contributed by atoms with Crippen molar-refractivity contribution in [3.63, 3.8) is 0 Å². The predicted molar refractivity (Wildman–Crippen MR) is 74.6 cm³/mol. The first kappa shape index (κ1) is 14.5. The third kappa shape index (κ3) is 2.31. The van der Waals surface area contributed by atoms with Crippen LogP contribution in [0.2, 0.25) is 0 Å². The number of carbonyl (C=O) groups is 2. The quantitative estimate of drug-likeness (QED) is 0.796. The molecule has 2 saturated heterocycles. The topological polar surface area (TPSA) is 49.4 Å². The summed E-state index contributed by atoms with van der Waals surface area (Å²) in [6.07, 6.45) is 3.87. The molecule has 3 unspecified atom stereocenters. The number of nitrogens with one attached hydrogen (secondary N) is 1. The molecule has 1 N–H and O–H groups in total. The highest BCUT2D eigenvalue weighted by Gasteiger charge is 2.52. The first-order valence-corrected chi connectivity index (χ1v) is 7.57. The van der Waals surface area contributed by atoms with Gasteiger partial charge in [0.25, 0.3) is 0 Å². The van der Waals surface area contributed by atoms with Gasteiger partial charge in [-0.25, -0.2) is 0 Å². The van der Waals surface area contributed by atoms with Gasteiger partial charge in [0.1, 0.15) is 0 Å². The summed E-state index contributed by atoms with van der Waals surface area (Å²) in [5.41, 5.74) is -0.431. The molecule has 4 heteroatoms. The van der Waals surface area contributed by atoms with Crippen LogP contribution in [-0.2, 0) is 9.59 Å². The predicted octanol–water partition coefficient (Wildman–Crippen LogP) is 2.08. The van der Waals surface area contributed by atoms with Crippen molar-refractivity contribution in [2.45, 2.75) is 77.9 Å². The molecule has 19 heavy (non-hydrogen) atoms. The summed E-state index contributed by atoms with van der Waals surface area (Å²) >= 11 is 0. The lowest BCUT2D eigenvalue weighted by atomic mass is 9.80. The van der Waals surface area contributed by atoms with E-state index in [0.29, 0.717) is 12.5 Å². The van der Waals surface area contributed by atoms with Crippen LogP contribution < -0.4 is 5.32 Å². The summed E-state index contributed by atoms with van der Waals surface area (Å²) < 4.78 is 0. The van der Waals surface area contributed by atoms with Gasteiger partial charge in [0, 0.05) is 18.5 Å². The number of hydrogen-bond acceptors (Lipinski definition) is 3. The van der Waals surface area contributed by atoms with Crippen LogP contribution in [0, 0.1) is 5.41 Å². The fourth-order valence-corrected chi connectivity index (χ4v) is 3.62. The van der Waals surface area contributed by atoms with Crippen molar-refractivity contribution in [3.8, 4) is 0 Å². The first-order chi connectivity index (χ1) is 8.95. The first-order valence-electron chi connectivity index (χ1n) is 7.57. The molecule has 0 radical (unpaired) electrons.